The minimum absolute atomic E-state index is 0.482. The zero-order valence-corrected chi connectivity index (χ0v) is 14.3. The van der Waals surface area contributed by atoms with Crippen molar-refractivity contribution in [3.63, 3.8) is 0 Å². The Balaban J connectivity index is 1.83. The molecule has 0 aromatic heterocycles. The molecule has 0 saturated heterocycles. The lowest BCUT2D eigenvalue weighted by Crippen LogP contribution is -2.39. The van der Waals surface area contributed by atoms with Gasteiger partial charge in [-0.2, -0.15) is 0 Å². The predicted molar refractivity (Wildman–Crippen MR) is 90.9 cm³/mol. The molecule has 2 atom stereocenters. The molecule has 2 N–H and O–H groups in total. The van der Waals surface area contributed by atoms with Crippen molar-refractivity contribution in [1.29, 1.82) is 0 Å². The Morgan fingerprint density at radius 1 is 1.33 bits per heavy atom. The topological polar surface area (TPSA) is 45.7 Å². The van der Waals surface area contributed by atoms with Crippen LogP contribution in [0.3, 0.4) is 0 Å². The zero-order chi connectivity index (χ0) is 15.1. The molecule has 0 spiro atoms. The van der Waals surface area contributed by atoms with Gasteiger partial charge in [-0.05, 0) is 38.0 Å². The van der Waals surface area contributed by atoms with Crippen LogP contribution in [0.15, 0.2) is 33.7 Å². The first-order valence-corrected chi connectivity index (χ1v) is 8.42. The molecule has 0 aliphatic heterocycles. The number of hydrogen-bond donors (Lipinski definition) is 2. The monoisotopic (exact) mass is 353 g/mol. The highest BCUT2D eigenvalue weighted by molar-refractivity contribution is 9.10. The molecule has 2 rings (SSSR count). The maximum Gasteiger partial charge on any atom is 0.191 e. The first kappa shape index (κ1) is 16.3. The molecular formula is C16H24BrN3O. The van der Waals surface area contributed by atoms with Crippen LogP contribution in [0.25, 0.3) is 0 Å². The van der Waals surface area contributed by atoms with Crippen molar-refractivity contribution < 1.29 is 4.74 Å². The van der Waals surface area contributed by atoms with E-state index in [9.17, 15) is 0 Å². The molecule has 21 heavy (non-hydrogen) atoms. The number of aliphatic imine (C=N–C) groups is 1. The van der Waals surface area contributed by atoms with E-state index in [-0.39, 0.29) is 0 Å². The van der Waals surface area contributed by atoms with Gasteiger partial charge in [-0.1, -0.05) is 28.1 Å². The van der Waals surface area contributed by atoms with Gasteiger partial charge >= 0.3 is 0 Å². The molecule has 0 bridgehead atoms. The van der Waals surface area contributed by atoms with Crippen LogP contribution in [0.1, 0.15) is 31.7 Å². The lowest BCUT2D eigenvalue weighted by molar-refractivity contribution is 0.155. The summed E-state index contributed by atoms with van der Waals surface area (Å²) in [5.41, 5.74) is 1.39. The zero-order valence-electron chi connectivity index (χ0n) is 12.7. The number of benzene rings is 1. The van der Waals surface area contributed by atoms with Crippen molar-refractivity contribution in [2.75, 3.05) is 26.3 Å². The number of rotatable bonds is 7. The van der Waals surface area contributed by atoms with E-state index in [1.54, 1.807) is 0 Å². The number of ether oxygens (including phenoxy) is 1. The van der Waals surface area contributed by atoms with Crippen molar-refractivity contribution in [3.05, 3.63) is 34.3 Å². The van der Waals surface area contributed by atoms with Crippen molar-refractivity contribution in [2.24, 2.45) is 4.99 Å². The number of nitrogens with zero attached hydrogens (tertiary/aromatic N) is 1. The molecule has 1 aliphatic carbocycles. The minimum atomic E-state index is 0.482. The van der Waals surface area contributed by atoms with Crippen LogP contribution >= 0.6 is 15.9 Å². The van der Waals surface area contributed by atoms with E-state index < -0.39 is 0 Å². The summed E-state index contributed by atoms with van der Waals surface area (Å²) in [5, 5.41) is 6.79. The summed E-state index contributed by atoms with van der Waals surface area (Å²) in [5.74, 6) is 1.48. The summed E-state index contributed by atoms with van der Waals surface area (Å²) in [6, 6.07) is 9.07. The summed E-state index contributed by atoms with van der Waals surface area (Å²) >= 11 is 3.48. The highest BCUT2D eigenvalue weighted by atomic mass is 79.9. The lowest BCUT2D eigenvalue weighted by Gasteiger charge is -2.11. The molecule has 1 aliphatic rings. The smallest absolute Gasteiger partial charge is 0.191 e. The Hall–Kier alpha value is -1.07. The summed E-state index contributed by atoms with van der Waals surface area (Å²) in [6.07, 6.45) is 1.16. The van der Waals surface area contributed by atoms with Crippen LogP contribution in [0, 0.1) is 0 Å². The molecule has 0 amide bonds. The van der Waals surface area contributed by atoms with Gasteiger partial charge in [-0.3, -0.25) is 4.99 Å². The van der Waals surface area contributed by atoms with Crippen LogP contribution in [-0.4, -0.2) is 38.3 Å². The average Bonchev–Trinajstić information content (AvgIpc) is 3.24. The fraction of sp³-hybridized carbons (Fsp3) is 0.562. The predicted octanol–water partition coefficient (Wildman–Crippen LogP) is 2.90. The van der Waals surface area contributed by atoms with E-state index in [1.165, 1.54) is 5.56 Å². The summed E-state index contributed by atoms with van der Waals surface area (Å²) in [6.45, 7) is 7.07. The van der Waals surface area contributed by atoms with Crippen LogP contribution in [0.5, 0.6) is 0 Å². The lowest BCUT2D eigenvalue weighted by atomic mass is 10.1. The van der Waals surface area contributed by atoms with Gasteiger partial charge < -0.3 is 15.4 Å². The quantitative estimate of drug-likeness (QED) is 0.450. The molecule has 1 saturated carbocycles. The number of halogens is 1. The minimum Gasteiger partial charge on any atom is -0.380 e. The van der Waals surface area contributed by atoms with E-state index in [1.807, 2.05) is 6.92 Å². The van der Waals surface area contributed by atoms with Crippen molar-refractivity contribution in [1.82, 2.24) is 10.6 Å². The van der Waals surface area contributed by atoms with Crippen LogP contribution in [0.2, 0.25) is 0 Å². The fourth-order valence-electron chi connectivity index (χ4n) is 2.29. The third-order valence-corrected chi connectivity index (χ3v) is 3.99. The van der Waals surface area contributed by atoms with Gasteiger partial charge in [0.2, 0.25) is 0 Å². The molecule has 1 aromatic rings. The first-order chi connectivity index (χ1) is 10.2. The number of guanidine groups is 1. The van der Waals surface area contributed by atoms with Gasteiger partial charge in [0.1, 0.15) is 0 Å². The van der Waals surface area contributed by atoms with Gasteiger partial charge in [0.15, 0.2) is 5.96 Å². The van der Waals surface area contributed by atoms with Crippen molar-refractivity contribution in [2.45, 2.75) is 32.2 Å². The van der Waals surface area contributed by atoms with E-state index in [2.05, 4.69) is 62.7 Å². The van der Waals surface area contributed by atoms with Gasteiger partial charge in [0.25, 0.3) is 0 Å². The molecular weight excluding hydrogens is 330 g/mol. The van der Waals surface area contributed by atoms with E-state index >= 15 is 0 Å². The maximum absolute atomic E-state index is 5.32. The maximum atomic E-state index is 5.32. The molecule has 0 radical (unpaired) electrons. The molecule has 0 heterocycles. The van der Waals surface area contributed by atoms with Crippen LogP contribution < -0.4 is 10.6 Å². The number of hydrogen-bond acceptors (Lipinski definition) is 2. The summed E-state index contributed by atoms with van der Waals surface area (Å²) in [4.78, 5) is 4.54. The SMILES string of the molecule is CCNC(=NCCOCC)NC1CC1c1ccc(Br)cc1. The third-order valence-electron chi connectivity index (χ3n) is 3.46. The second kappa shape index (κ2) is 8.39. The van der Waals surface area contributed by atoms with E-state index in [4.69, 9.17) is 4.74 Å². The summed E-state index contributed by atoms with van der Waals surface area (Å²) < 4.78 is 6.44. The molecule has 1 fully saturated rings. The van der Waals surface area contributed by atoms with Crippen molar-refractivity contribution in [3.8, 4) is 0 Å². The van der Waals surface area contributed by atoms with Gasteiger partial charge in [-0.15, -0.1) is 0 Å². The number of nitrogens with one attached hydrogen (secondary N) is 2. The Labute approximate surface area is 135 Å². The summed E-state index contributed by atoms with van der Waals surface area (Å²) in [7, 11) is 0. The highest BCUT2D eigenvalue weighted by Crippen LogP contribution is 2.40. The Bertz CT molecular complexity index is 461. The molecule has 1 aromatic carbocycles. The van der Waals surface area contributed by atoms with Crippen LogP contribution in [-0.2, 0) is 4.74 Å². The Morgan fingerprint density at radius 2 is 2.10 bits per heavy atom. The average molecular weight is 354 g/mol. The van der Waals surface area contributed by atoms with Gasteiger partial charge in [0.05, 0.1) is 13.2 Å². The third kappa shape index (κ3) is 5.32. The molecule has 5 heteroatoms. The van der Waals surface area contributed by atoms with Gasteiger partial charge in [-0.25, -0.2) is 0 Å². The fourth-order valence-corrected chi connectivity index (χ4v) is 2.56. The van der Waals surface area contributed by atoms with Crippen molar-refractivity contribution >= 4 is 21.9 Å². The van der Waals surface area contributed by atoms with E-state index in [0.29, 0.717) is 25.1 Å². The van der Waals surface area contributed by atoms with Gasteiger partial charge in [0, 0.05) is 29.6 Å². The normalized spacial score (nSPS) is 21.2. The Morgan fingerprint density at radius 3 is 2.76 bits per heavy atom. The molecule has 2 unspecified atom stereocenters. The molecule has 4 nitrogen and oxygen atoms in total. The first-order valence-electron chi connectivity index (χ1n) is 7.62. The largest absolute Gasteiger partial charge is 0.380 e. The molecule has 116 valence electrons. The Kier molecular flexibility index (Phi) is 6.51. The highest BCUT2D eigenvalue weighted by Gasteiger charge is 2.38. The van der Waals surface area contributed by atoms with E-state index in [0.717, 1.165) is 30.0 Å². The second-order valence-corrected chi connectivity index (χ2v) is 6.02. The second-order valence-electron chi connectivity index (χ2n) is 5.10. The standard InChI is InChI=1S/C16H24BrN3O/c1-3-18-16(19-9-10-21-4-2)20-15-11-14(15)12-5-7-13(17)8-6-12/h5-8,14-15H,3-4,9-11H2,1-2H3,(H2,18,19,20). The van der Waals surface area contributed by atoms with Crippen LogP contribution in [0.4, 0.5) is 0 Å².